The van der Waals surface area contributed by atoms with Crippen molar-refractivity contribution in [1.82, 2.24) is 15.2 Å². The molecule has 3 heterocycles. The third kappa shape index (κ3) is 1.58. The van der Waals surface area contributed by atoms with E-state index in [0.29, 0.717) is 4.88 Å². The topological polar surface area (TPSA) is 84.7 Å². The minimum Gasteiger partial charge on any atom is -0.365 e. The molecule has 3 N–H and O–H groups in total. The van der Waals surface area contributed by atoms with Crippen LogP contribution >= 0.6 is 11.3 Å². The third-order valence-electron chi connectivity index (χ3n) is 2.43. The minimum absolute atomic E-state index is 0.420. The molecule has 5 nitrogen and oxygen atoms in total. The number of pyridine rings is 1. The van der Waals surface area contributed by atoms with Gasteiger partial charge in [-0.1, -0.05) is 0 Å². The number of thiophene rings is 1. The number of rotatable bonds is 2. The molecule has 0 bridgehead atoms. The predicted octanol–water partition coefficient (Wildman–Crippen LogP) is 1.79. The summed E-state index contributed by atoms with van der Waals surface area (Å²) in [5.74, 6) is -0.420. The van der Waals surface area contributed by atoms with Gasteiger partial charge in [0.1, 0.15) is 10.5 Å². The second-order valence-corrected chi connectivity index (χ2v) is 4.58. The Morgan fingerprint density at radius 2 is 2.35 bits per heavy atom. The van der Waals surface area contributed by atoms with Crippen LogP contribution in [0.15, 0.2) is 30.6 Å². The van der Waals surface area contributed by atoms with Crippen molar-refractivity contribution in [2.45, 2.75) is 0 Å². The maximum atomic E-state index is 11.1. The molecule has 3 aromatic heterocycles. The zero-order valence-electron chi connectivity index (χ0n) is 8.68. The lowest BCUT2D eigenvalue weighted by Crippen LogP contribution is -2.08. The number of hydrogen-bond acceptors (Lipinski definition) is 4. The number of nitrogens with zero attached hydrogens (tertiary/aromatic N) is 2. The van der Waals surface area contributed by atoms with Crippen LogP contribution in [0.4, 0.5) is 0 Å². The van der Waals surface area contributed by atoms with Crippen LogP contribution in [0.5, 0.6) is 0 Å². The second kappa shape index (κ2) is 3.67. The Morgan fingerprint density at radius 1 is 1.47 bits per heavy atom. The first-order valence-electron chi connectivity index (χ1n) is 4.94. The van der Waals surface area contributed by atoms with E-state index in [-0.39, 0.29) is 0 Å². The summed E-state index contributed by atoms with van der Waals surface area (Å²) < 4.78 is 0. The fourth-order valence-corrected chi connectivity index (χ4v) is 2.52. The maximum absolute atomic E-state index is 11.1. The van der Waals surface area contributed by atoms with E-state index in [4.69, 9.17) is 5.73 Å². The number of carbonyl (C=O) groups is 1. The molecule has 0 radical (unpaired) electrons. The second-order valence-electron chi connectivity index (χ2n) is 3.53. The van der Waals surface area contributed by atoms with Gasteiger partial charge < -0.3 is 5.73 Å². The molecule has 17 heavy (non-hydrogen) atoms. The highest BCUT2D eigenvalue weighted by molar-refractivity contribution is 7.20. The molecule has 1 amide bonds. The molecule has 0 saturated heterocycles. The average Bonchev–Trinajstić information content (AvgIpc) is 2.89. The van der Waals surface area contributed by atoms with E-state index in [2.05, 4.69) is 15.2 Å². The molecule has 0 aliphatic rings. The Hall–Kier alpha value is -2.21. The molecule has 3 aromatic rings. The summed E-state index contributed by atoms with van der Waals surface area (Å²) in [6.07, 6.45) is 3.44. The van der Waals surface area contributed by atoms with Crippen molar-refractivity contribution in [1.29, 1.82) is 0 Å². The van der Waals surface area contributed by atoms with Crippen LogP contribution in [0.3, 0.4) is 0 Å². The lowest BCUT2D eigenvalue weighted by atomic mass is 10.1. The molecule has 0 saturated carbocycles. The predicted molar refractivity (Wildman–Crippen MR) is 65.7 cm³/mol. The van der Waals surface area contributed by atoms with E-state index in [0.717, 1.165) is 21.5 Å². The van der Waals surface area contributed by atoms with Gasteiger partial charge in [0.05, 0.1) is 4.88 Å². The van der Waals surface area contributed by atoms with Crippen LogP contribution in [0, 0.1) is 0 Å². The van der Waals surface area contributed by atoms with Gasteiger partial charge in [-0.25, -0.2) is 0 Å². The zero-order valence-corrected chi connectivity index (χ0v) is 9.49. The number of fused-ring (bicyclic) bond motifs is 1. The van der Waals surface area contributed by atoms with Gasteiger partial charge in [0.2, 0.25) is 0 Å². The summed E-state index contributed by atoms with van der Waals surface area (Å²) in [7, 11) is 0. The molecule has 6 heteroatoms. The summed E-state index contributed by atoms with van der Waals surface area (Å²) in [6.45, 7) is 0. The van der Waals surface area contributed by atoms with Crippen molar-refractivity contribution < 1.29 is 4.79 Å². The molecule has 3 rings (SSSR count). The highest BCUT2D eigenvalue weighted by Crippen LogP contribution is 2.31. The molecule has 0 aromatic carbocycles. The van der Waals surface area contributed by atoms with Crippen LogP contribution < -0.4 is 5.73 Å². The number of amides is 1. The van der Waals surface area contributed by atoms with Gasteiger partial charge in [0.25, 0.3) is 5.91 Å². The van der Waals surface area contributed by atoms with Gasteiger partial charge in [-0.15, -0.1) is 11.3 Å². The van der Waals surface area contributed by atoms with Gasteiger partial charge in [0, 0.05) is 23.3 Å². The van der Waals surface area contributed by atoms with Crippen molar-refractivity contribution in [3.05, 3.63) is 35.5 Å². The Morgan fingerprint density at radius 3 is 3.06 bits per heavy atom. The fourth-order valence-electron chi connectivity index (χ4n) is 1.66. The van der Waals surface area contributed by atoms with Gasteiger partial charge in [0.15, 0.2) is 0 Å². The molecule has 0 aliphatic heterocycles. The SMILES string of the molecule is NC(=O)c1cc2c(-c3cccnc3)n[nH]c2s1. The number of H-pyrrole nitrogens is 1. The molecule has 0 spiro atoms. The molecular weight excluding hydrogens is 236 g/mol. The van der Waals surface area contributed by atoms with E-state index < -0.39 is 5.91 Å². The Bertz CT molecular complexity index is 686. The van der Waals surface area contributed by atoms with Crippen LogP contribution in [0.25, 0.3) is 21.5 Å². The lowest BCUT2D eigenvalue weighted by Gasteiger charge is -1.93. The van der Waals surface area contributed by atoms with Gasteiger partial charge in [-0.05, 0) is 18.2 Å². The maximum Gasteiger partial charge on any atom is 0.258 e. The molecule has 0 unspecified atom stereocenters. The van der Waals surface area contributed by atoms with Crippen molar-refractivity contribution in [3.63, 3.8) is 0 Å². The summed E-state index contributed by atoms with van der Waals surface area (Å²) >= 11 is 1.31. The number of nitrogens with two attached hydrogens (primary N) is 1. The first-order chi connectivity index (χ1) is 8.25. The van der Waals surface area contributed by atoms with Crippen LogP contribution in [0.1, 0.15) is 9.67 Å². The van der Waals surface area contributed by atoms with Crippen LogP contribution in [-0.4, -0.2) is 21.1 Å². The lowest BCUT2D eigenvalue weighted by molar-refractivity contribution is 0.100. The van der Waals surface area contributed by atoms with E-state index >= 15 is 0 Å². The summed E-state index contributed by atoms with van der Waals surface area (Å²) in [4.78, 5) is 16.5. The van der Waals surface area contributed by atoms with Crippen molar-refractivity contribution in [3.8, 4) is 11.3 Å². The molecule has 0 fully saturated rings. The van der Waals surface area contributed by atoms with Crippen LogP contribution in [-0.2, 0) is 0 Å². The van der Waals surface area contributed by atoms with E-state index in [1.54, 1.807) is 18.5 Å². The highest BCUT2D eigenvalue weighted by atomic mass is 32.1. The zero-order chi connectivity index (χ0) is 11.8. The quantitative estimate of drug-likeness (QED) is 0.720. The Labute approximate surface area is 100 Å². The first-order valence-corrected chi connectivity index (χ1v) is 5.75. The highest BCUT2D eigenvalue weighted by Gasteiger charge is 2.13. The van der Waals surface area contributed by atoms with E-state index in [9.17, 15) is 4.79 Å². The number of aromatic amines is 1. The first kappa shape index (κ1) is 9.98. The molecule has 84 valence electrons. The van der Waals surface area contributed by atoms with Crippen molar-refractivity contribution in [2.24, 2.45) is 5.73 Å². The number of primary amides is 1. The van der Waals surface area contributed by atoms with E-state index in [1.165, 1.54) is 11.3 Å². The smallest absolute Gasteiger partial charge is 0.258 e. The monoisotopic (exact) mass is 244 g/mol. The summed E-state index contributed by atoms with van der Waals surface area (Å²) in [6, 6.07) is 5.52. The Kier molecular flexibility index (Phi) is 2.15. The Balaban J connectivity index is 2.21. The van der Waals surface area contributed by atoms with Gasteiger partial charge >= 0.3 is 0 Å². The normalized spacial score (nSPS) is 10.8. The number of carbonyl (C=O) groups excluding carboxylic acids is 1. The number of aromatic nitrogens is 3. The molecular formula is C11H8N4OS. The fraction of sp³-hybridized carbons (Fsp3) is 0. The molecule has 0 atom stereocenters. The minimum atomic E-state index is -0.420. The summed E-state index contributed by atoms with van der Waals surface area (Å²) in [5.41, 5.74) is 6.95. The van der Waals surface area contributed by atoms with Gasteiger partial charge in [-0.3, -0.25) is 14.9 Å². The average molecular weight is 244 g/mol. The van der Waals surface area contributed by atoms with Gasteiger partial charge in [-0.2, -0.15) is 5.10 Å². The standard InChI is InChI=1S/C11H8N4OS/c12-10(16)8-4-7-9(14-15-11(7)17-8)6-2-1-3-13-5-6/h1-5H,(H2,12,16)(H,14,15). The van der Waals surface area contributed by atoms with E-state index in [1.807, 2.05) is 12.1 Å². The largest absolute Gasteiger partial charge is 0.365 e. The van der Waals surface area contributed by atoms with Crippen molar-refractivity contribution in [2.75, 3.05) is 0 Å². The third-order valence-corrected chi connectivity index (χ3v) is 3.49. The summed E-state index contributed by atoms with van der Waals surface area (Å²) in [5, 5.41) is 8.01. The van der Waals surface area contributed by atoms with Crippen LogP contribution in [0.2, 0.25) is 0 Å². The number of nitrogens with one attached hydrogen (secondary N) is 1. The number of hydrogen-bond donors (Lipinski definition) is 2. The molecule has 0 aliphatic carbocycles. The van der Waals surface area contributed by atoms with Crippen molar-refractivity contribution >= 4 is 27.5 Å².